The van der Waals surface area contributed by atoms with Crippen LogP contribution in [0.3, 0.4) is 0 Å². The van der Waals surface area contributed by atoms with E-state index in [1.165, 1.54) is 5.56 Å². The number of nitrogens with zero attached hydrogens (tertiary/aromatic N) is 3. The van der Waals surface area contributed by atoms with Gasteiger partial charge in [0.1, 0.15) is 6.33 Å². The zero-order chi connectivity index (χ0) is 21.2. The standard InChI is InChI=1S/C25H25N3O3/c1-18(29)13-27(15-20-8-11-24-25(12-20)31-17-30-24)14-19-6-9-21(10-7-19)28-16-26-22-4-2-3-5-23(22)28/h2-12,16,18,29H,13-15,17H2,1H3/t18-/m0/s1. The number of hydrogen-bond acceptors (Lipinski definition) is 5. The van der Waals surface area contributed by atoms with E-state index < -0.39 is 6.10 Å². The molecule has 0 saturated heterocycles. The maximum absolute atomic E-state index is 10.0. The van der Waals surface area contributed by atoms with Crippen molar-refractivity contribution in [1.82, 2.24) is 14.5 Å². The molecular formula is C25H25N3O3. The summed E-state index contributed by atoms with van der Waals surface area (Å²) in [5.41, 5.74) is 5.48. The van der Waals surface area contributed by atoms with Gasteiger partial charge in [0.25, 0.3) is 0 Å². The molecule has 0 unspecified atom stereocenters. The minimum atomic E-state index is -0.411. The van der Waals surface area contributed by atoms with Crippen molar-refractivity contribution in [3.63, 3.8) is 0 Å². The molecule has 0 saturated carbocycles. The van der Waals surface area contributed by atoms with Crippen LogP contribution >= 0.6 is 0 Å². The first-order valence-electron chi connectivity index (χ1n) is 10.5. The zero-order valence-corrected chi connectivity index (χ0v) is 17.4. The molecule has 1 N–H and O–H groups in total. The molecule has 0 radical (unpaired) electrons. The summed E-state index contributed by atoms with van der Waals surface area (Å²) in [5, 5.41) is 10.0. The molecule has 1 aliphatic heterocycles. The smallest absolute Gasteiger partial charge is 0.231 e. The first-order valence-corrected chi connectivity index (χ1v) is 10.5. The quantitative estimate of drug-likeness (QED) is 0.492. The number of aliphatic hydroxyl groups is 1. The van der Waals surface area contributed by atoms with Crippen LogP contribution in [0.1, 0.15) is 18.1 Å². The number of imidazole rings is 1. The molecular weight excluding hydrogens is 390 g/mol. The van der Waals surface area contributed by atoms with Gasteiger partial charge in [-0.1, -0.05) is 30.3 Å². The number of fused-ring (bicyclic) bond motifs is 2. The predicted molar refractivity (Wildman–Crippen MR) is 119 cm³/mol. The van der Waals surface area contributed by atoms with Gasteiger partial charge >= 0.3 is 0 Å². The lowest BCUT2D eigenvalue weighted by Crippen LogP contribution is -2.30. The molecule has 1 atom stereocenters. The molecule has 1 aliphatic rings. The SMILES string of the molecule is C[C@H](O)CN(Cc1ccc(-n2cnc3ccccc32)cc1)Cc1ccc2c(c1)OCO2. The summed E-state index contributed by atoms with van der Waals surface area (Å²) in [5.74, 6) is 1.57. The minimum absolute atomic E-state index is 0.273. The largest absolute Gasteiger partial charge is 0.454 e. The molecule has 5 rings (SSSR count). The van der Waals surface area contributed by atoms with Crippen molar-refractivity contribution >= 4 is 11.0 Å². The highest BCUT2D eigenvalue weighted by atomic mass is 16.7. The highest BCUT2D eigenvalue weighted by Crippen LogP contribution is 2.33. The van der Waals surface area contributed by atoms with Crippen LogP contribution in [0.2, 0.25) is 0 Å². The number of ether oxygens (including phenoxy) is 2. The van der Waals surface area contributed by atoms with E-state index in [9.17, 15) is 5.11 Å². The molecule has 0 aliphatic carbocycles. The molecule has 1 aromatic heterocycles. The van der Waals surface area contributed by atoms with Crippen LogP contribution in [0.25, 0.3) is 16.7 Å². The second kappa shape index (κ2) is 8.41. The fourth-order valence-electron chi connectivity index (χ4n) is 4.04. The van der Waals surface area contributed by atoms with E-state index >= 15 is 0 Å². The Balaban J connectivity index is 1.33. The van der Waals surface area contributed by atoms with Crippen LogP contribution in [0.5, 0.6) is 11.5 Å². The van der Waals surface area contributed by atoms with Crippen molar-refractivity contribution in [2.24, 2.45) is 0 Å². The Morgan fingerprint density at radius 3 is 2.55 bits per heavy atom. The lowest BCUT2D eigenvalue weighted by atomic mass is 10.1. The fourth-order valence-corrected chi connectivity index (χ4v) is 4.04. The minimum Gasteiger partial charge on any atom is -0.454 e. The van der Waals surface area contributed by atoms with Gasteiger partial charge in [0.15, 0.2) is 11.5 Å². The maximum Gasteiger partial charge on any atom is 0.231 e. The van der Waals surface area contributed by atoms with Gasteiger partial charge in [-0.25, -0.2) is 4.98 Å². The first kappa shape index (κ1) is 19.6. The molecule has 2 heterocycles. The molecule has 0 spiro atoms. The van der Waals surface area contributed by atoms with E-state index in [0.717, 1.165) is 46.9 Å². The summed E-state index contributed by atoms with van der Waals surface area (Å²) in [7, 11) is 0. The second-order valence-corrected chi connectivity index (χ2v) is 7.98. The van der Waals surface area contributed by atoms with Gasteiger partial charge in [0.2, 0.25) is 6.79 Å². The molecule has 6 nitrogen and oxygen atoms in total. The van der Waals surface area contributed by atoms with E-state index in [2.05, 4.69) is 50.8 Å². The van der Waals surface area contributed by atoms with Crippen molar-refractivity contribution in [3.05, 3.63) is 84.2 Å². The Kier molecular flexibility index (Phi) is 5.32. The third-order valence-electron chi connectivity index (χ3n) is 5.44. The van der Waals surface area contributed by atoms with E-state index in [-0.39, 0.29) is 6.79 Å². The second-order valence-electron chi connectivity index (χ2n) is 7.98. The van der Waals surface area contributed by atoms with Gasteiger partial charge in [-0.2, -0.15) is 0 Å². The Hall–Kier alpha value is -3.35. The van der Waals surface area contributed by atoms with Gasteiger partial charge in [-0.3, -0.25) is 9.47 Å². The van der Waals surface area contributed by atoms with Gasteiger partial charge in [0.05, 0.1) is 17.1 Å². The van der Waals surface area contributed by atoms with E-state index in [0.29, 0.717) is 6.54 Å². The molecule has 0 fully saturated rings. The highest BCUT2D eigenvalue weighted by molar-refractivity contribution is 5.77. The Bertz CT molecular complexity index is 1180. The number of para-hydroxylation sites is 2. The van der Waals surface area contributed by atoms with E-state index in [4.69, 9.17) is 9.47 Å². The van der Waals surface area contributed by atoms with Crippen molar-refractivity contribution < 1.29 is 14.6 Å². The van der Waals surface area contributed by atoms with Crippen LogP contribution in [-0.4, -0.2) is 39.0 Å². The predicted octanol–water partition coefficient (Wildman–Crippen LogP) is 4.14. The van der Waals surface area contributed by atoms with Gasteiger partial charge in [-0.15, -0.1) is 0 Å². The highest BCUT2D eigenvalue weighted by Gasteiger charge is 2.16. The normalized spacial score (nSPS) is 13.8. The lowest BCUT2D eigenvalue weighted by Gasteiger charge is -2.24. The van der Waals surface area contributed by atoms with Crippen molar-refractivity contribution in [3.8, 4) is 17.2 Å². The number of hydrogen-bond donors (Lipinski definition) is 1. The van der Waals surface area contributed by atoms with Gasteiger partial charge < -0.3 is 14.6 Å². The summed E-state index contributed by atoms with van der Waals surface area (Å²) in [4.78, 5) is 6.72. The average Bonchev–Trinajstić information content (AvgIpc) is 3.40. The molecule has 0 bridgehead atoms. The van der Waals surface area contributed by atoms with Crippen LogP contribution in [0.15, 0.2) is 73.1 Å². The van der Waals surface area contributed by atoms with Crippen molar-refractivity contribution in [2.45, 2.75) is 26.1 Å². The Morgan fingerprint density at radius 1 is 0.968 bits per heavy atom. The number of aromatic nitrogens is 2. The Morgan fingerprint density at radius 2 is 1.71 bits per heavy atom. The molecule has 0 amide bonds. The van der Waals surface area contributed by atoms with Crippen LogP contribution in [0, 0.1) is 0 Å². The average molecular weight is 415 g/mol. The fraction of sp³-hybridized carbons (Fsp3) is 0.240. The first-order chi connectivity index (χ1) is 15.2. The van der Waals surface area contributed by atoms with Gasteiger partial charge in [0, 0.05) is 25.3 Å². The zero-order valence-electron chi connectivity index (χ0n) is 17.4. The summed E-state index contributed by atoms with van der Waals surface area (Å²) in [6.45, 7) is 4.14. The third-order valence-corrected chi connectivity index (χ3v) is 5.44. The Labute approximate surface area is 181 Å². The summed E-state index contributed by atoms with van der Waals surface area (Å²) >= 11 is 0. The summed E-state index contributed by atoms with van der Waals surface area (Å²) in [6, 6.07) is 22.6. The number of rotatable bonds is 7. The molecule has 158 valence electrons. The summed E-state index contributed by atoms with van der Waals surface area (Å²) in [6.07, 6.45) is 1.45. The molecule has 3 aromatic carbocycles. The van der Waals surface area contributed by atoms with Gasteiger partial charge in [-0.05, 0) is 54.4 Å². The van der Waals surface area contributed by atoms with Crippen LogP contribution in [-0.2, 0) is 13.1 Å². The number of aliphatic hydroxyl groups excluding tert-OH is 1. The topological polar surface area (TPSA) is 59.8 Å². The third kappa shape index (κ3) is 4.26. The molecule has 4 aromatic rings. The molecule has 6 heteroatoms. The van der Waals surface area contributed by atoms with Crippen molar-refractivity contribution in [1.29, 1.82) is 0 Å². The van der Waals surface area contributed by atoms with E-state index in [1.807, 2.05) is 43.6 Å². The van der Waals surface area contributed by atoms with Crippen LogP contribution in [0.4, 0.5) is 0 Å². The number of benzene rings is 3. The molecule has 31 heavy (non-hydrogen) atoms. The van der Waals surface area contributed by atoms with Crippen molar-refractivity contribution in [2.75, 3.05) is 13.3 Å². The maximum atomic E-state index is 10.0. The van der Waals surface area contributed by atoms with Crippen LogP contribution < -0.4 is 9.47 Å². The summed E-state index contributed by atoms with van der Waals surface area (Å²) < 4.78 is 13.0. The van der Waals surface area contributed by atoms with E-state index in [1.54, 1.807) is 0 Å². The monoisotopic (exact) mass is 415 g/mol. The lowest BCUT2D eigenvalue weighted by molar-refractivity contribution is 0.118.